The third-order valence-electron chi connectivity index (χ3n) is 3.18. The lowest BCUT2D eigenvalue weighted by atomic mass is 10.2. The maximum Gasteiger partial charge on any atom is 0.279 e. The first kappa shape index (κ1) is 18.1. The number of carbonyl (C=O) groups excluding carboxylic acids is 2. The minimum atomic E-state index is -0.784. The van der Waals surface area contributed by atoms with Crippen molar-refractivity contribution in [3.63, 3.8) is 0 Å². The molecule has 2 aromatic rings. The van der Waals surface area contributed by atoms with Gasteiger partial charge in [-0.2, -0.15) is 0 Å². The Kier molecular flexibility index (Phi) is 6.06. The first-order valence-electron chi connectivity index (χ1n) is 7.15. The number of nitrogens with one attached hydrogen (secondary N) is 2. The van der Waals surface area contributed by atoms with Crippen LogP contribution in [-0.4, -0.2) is 17.9 Å². The van der Waals surface area contributed by atoms with Gasteiger partial charge in [-0.3, -0.25) is 20.4 Å². The van der Waals surface area contributed by atoms with E-state index in [0.717, 1.165) is 5.56 Å². The molecule has 0 bridgehead atoms. The zero-order valence-electron chi connectivity index (χ0n) is 13.1. The number of amides is 2. The summed E-state index contributed by atoms with van der Waals surface area (Å²) < 4.78 is 5.50. The number of hydrazine groups is 1. The predicted molar refractivity (Wildman–Crippen MR) is 93.3 cm³/mol. The molecule has 2 rings (SSSR count). The Hall–Kier alpha value is -2.24. The van der Waals surface area contributed by atoms with Crippen molar-refractivity contribution in [2.45, 2.75) is 20.0 Å². The molecule has 1 unspecified atom stereocenters. The summed E-state index contributed by atoms with van der Waals surface area (Å²) in [5.74, 6) is -0.475. The number of benzene rings is 2. The highest BCUT2D eigenvalue weighted by molar-refractivity contribution is 6.36. The zero-order valence-corrected chi connectivity index (χ0v) is 14.6. The quantitative estimate of drug-likeness (QED) is 0.813. The molecule has 5 nitrogen and oxygen atoms in total. The normalized spacial score (nSPS) is 11.5. The fraction of sp³-hybridized carbons (Fsp3) is 0.176. The average molecular weight is 367 g/mol. The molecule has 2 aromatic carbocycles. The summed E-state index contributed by atoms with van der Waals surface area (Å²) in [6, 6.07) is 11.7. The smallest absolute Gasteiger partial charge is 0.279 e. The van der Waals surface area contributed by atoms with Gasteiger partial charge < -0.3 is 4.74 Å². The Morgan fingerprint density at radius 3 is 2.33 bits per heavy atom. The molecular formula is C17H16Cl2N2O3. The Morgan fingerprint density at radius 1 is 1.04 bits per heavy atom. The second-order valence-corrected chi connectivity index (χ2v) is 5.98. The summed E-state index contributed by atoms with van der Waals surface area (Å²) in [5, 5.41) is 0.610. The molecule has 2 amide bonds. The maximum absolute atomic E-state index is 12.0. The van der Waals surface area contributed by atoms with Crippen molar-refractivity contribution in [2.24, 2.45) is 0 Å². The first-order chi connectivity index (χ1) is 11.4. The van der Waals surface area contributed by atoms with Gasteiger partial charge in [-0.1, -0.05) is 40.9 Å². The molecular weight excluding hydrogens is 351 g/mol. The van der Waals surface area contributed by atoms with Crippen molar-refractivity contribution in [3.05, 3.63) is 63.6 Å². The summed E-state index contributed by atoms with van der Waals surface area (Å²) in [6.45, 7) is 3.54. The molecule has 126 valence electrons. The zero-order chi connectivity index (χ0) is 17.7. The molecule has 0 heterocycles. The van der Waals surface area contributed by atoms with Gasteiger partial charge in [0, 0.05) is 5.02 Å². The largest absolute Gasteiger partial charge is 0.481 e. The standard InChI is InChI=1S/C17H16Cl2N2O3/c1-10-3-6-13(7-4-10)24-11(2)16(22)20-21-17(23)14-8-5-12(18)9-15(14)19/h3-9,11H,1-2H3,(H,20,22)(H,21,23). The van der Waals surface area contributed by atoms with E-state index in [0.29, 0.717) is 10.8 Å². The summed E-state index contributed by atoms with van der Waals surface area (Å²) in [4.78, 5) is 24.0. The van der Waals surface area contributed by atoms with Gasteiger partial charge in [0.1, 0.15) is 5.75 Å². The number of halogens is 2. The molecule has 1 atom stereocenters. The number of carbonyl (C=O) groups is 2. The van der Waals surface area contributed by atoms with Crippen molar-refractivity contribution < 1.29 is 14.3 Å². The average Bonchev–Trinajstić information content (AvgIpc) is 2.54. The molecule has 0 aromatic heterocycles. The fourth-order valence-electron chi connectivity index (χ4n) is 1.84. The Labute approximate surface area is 149 Å². The van der Waals surface area contributed by atoms with Crippen LogP contribution in [0.4, 0.5) is 0 Å². The van der Waals surface area contributed by atoms with Crippen LogP contribution >= 0.6 is 23.2 Å². The van der Waals surface area contributed by atoms with Gasteiger partial charge in [-0.25, -0.2) is 0 Å². The Balaban J connectivity index is 1.89. The molecule has 0 aliphatic carbocycles. The third-order valence-corrected chi connectivity index (χ3v) is 3.73. The second kappa shape index (κ2) is 8.04. The minimum absolute atomic E-state index is 0.193. The van der Waals surface area contributed by atoms with Gasteiger partial charge in [0.2, 0.25) is 0 Å². The summed E-state index contributed by atoms with van der Waals surface area (Å²) in [6.07, 6.45) is -0.784. The lowest BCUT2D eigenvalue weighted by Gasteiger charge is -2.15. The van der Waals surface area contributed by atoms with Gasteiger partial charge in [0.05, 0.1) is 10.6 Å². The van der Waals surface area contributed by atoms with Crippen LogP contribution < -0.4 is 15.6 Å². The molecule has 0 radical (unpaired) electrons. The molecule has 0 aliphatic heterocycles. The molecule has 0 saturated heterocycles. The number of aryl methyl sites for hydroxylation is 1. The van der Waals surface area contributed by atoms with Crippen LogP contribution in [-0.2, 0) is 4.79 Å². The molecule has 7 heteroatoms. The van der Waals surface area contributed by atoms with Crippen LogP contribution in [0.1, 0.15) is 22.8 Å². The van der Waals surface area contributed by atoms with Crippen molar-refractivity contribution in [2.75, 3.05) is 0 Å². The van der Waals surface area contributed by atoms with Gasteiger partial charge in [0.15, 0.2) is 6.10 Å². The van der Waals surface area contributed by atoms with E-state index in [4.69, 9.17) is 27.9 Å². The van der Waals surface area contributed by atoms with E-state index in [-0.39, 0.29) is 10.6 Å². The van der Waals surface area contributed by atoms with E-state index < -0.39 is 17.9 Å². The SMILES string of the molecule is Cc1ccc(OC(C)C(=O)NNC(=O)c2ccc(Cl)cc2Cl)cc1. The Morgan fingerprint density at radius 2 is 1.71 bits per heavy atom. The maximum atomic E-state index is 12.0. The van der Waals surface area contributed by atoms with E-state index in [1.54, 1.807) is 19.1 Å². The number of hydrogen-bond donors (Lipinski definition) is 2. The van der Waals surface area contributed by atoms with Crippen molar-refractivity contribution in [1.82, 2.24) is 10.9 Å². The Bertz CT molecular complexity index is 748. The molecule has 0 fully saturated rings. The highest BCUT2D eigenvalue weighted by Gasteiger charge is 2.17. The first-order valence-corrected chi connectivity index (χ1v) is 7.91. The molecule has 0 aliphatic rings. The second-order valence-electron chi connectivity index (χ2n) is 5.14. The van der Waals surface area contributed by atoms with E-state index in [2.05, 4.69) is 10.9 Å². The van der Waals surface area contributed by atoms with Crippen LogP contribution in [0.5, 0.6) is 5.75 Å². The third kappa shape index (κ3) is 4.88. The van der Waals surface area contributed by atoms with Gasteiger partial charge >= 0.3 is 0 Å². The van der Waals surface area contributed by atoms with Crippen LogP contribution in [0.3, 0.4) is 0 Å². The molecule has 24 heavy (non-hydrogen) atoms. The molecule has 0 spiro atoms. The van der Waals surface area contributed by atoms with Crippen molar-refractivity contribution in [1.29, 1.82) is 0 Å². The van der Waals surface area contributed by atoms with Gasteiger partial charge in [0.25, 0.3) is 11.8 Å². The number of rotatable bonds is 4. The summed E-state index contributed by atoms with van der Waals surface area (Å²) >= 11 is 11.7. The number of ether oxygens (including phenoxy) is 1. The predicted octanol–water partition coefficient (Wildman–Crippen LogP) is 3.53. The topological polar surface area (TPSA) is 67.4 Å². The van der Waals surface area contributed by atoms with Gasteiger partial charge in [-0.15, -0.1) is 0 Å². The highest BCUT2D eigenvalue weighted by atomic mass is 35.5. The van der Waals surface area contributed by atoms with E-state index in [9.17, 15) is 9.59 Å². The summed E-state index contributed by atoms with van der Waals surface area (Å²) in [5.41, 5.74) is 5.88. The lowest BCUT2D eigenvalue weighted by molar-refractivity contribution is -0.128. The van der Waals surface area contributed by atoms with Gasteiger partial charge in [-0.05, 0) is 44.2 Å². The van der Waals surface area contributed by atoms with E-state index in [1.165, 1.54) is 18.2 Å². The van der Waals surface area contributed by atoms with E-state index in [1.807, 2.05) is 19.1 Å². The number of hydrogen-bond acceptors (Lipinski definition) is 3. The lowest BCUT2D eigenvalue weighted by Crippen LogP contribution is -2.47. The fourth-order valence-corrected chi connectivity index (χ4v) is 2.33. The summed E-state index contributed by atoms with van der Waals surface area (Å²) in [7, 11) is 0. The highest BCUT2D eigenvalue weighted by Crippen LogP contribution is 2.20. The molecule has 0 saturated carbocycles. The monoisotopic (exact) mass is 366 g/mol. The van der Waals surface area contributed by atoms with Crippen LogP contribution in [0, 0.1) is 6.92 Å². The van der Waals surface area contributed by atoms with Crippen LogP contribution in [0.15, 0.2) is 42.5 Å². The molecule has 2 N–H and O–H groups in total. The minimum Gasteiger partial charge on any atom is -0.481 e. The van der Waals surface area contributed by atoms with Crippen molar-refractivity contribution >= 4 is 35.0 Å². The van der Waals surface area contributed by atoms with Crippen LogP contribution in [0.25, 0.3) is 0 Å². The van der Waals surface area contributed by atoms with Crippen LogP contribution in [0.2, 0.25) is 10.0 Å². The van der Waals surface area contributed by atoms with E-state index >= 15 is 0 Å². The van der Waals surface area contributed by atoms with Crippen molar-refractivity contribution in [3.8, 4) is 5.75 Å².